The number of aliphatic carboxylic acids is 1. The summed E-state index contributed by atoms with van der Waals surface area (Å²) in [6.07, 6.45) is 1.41. The lowest BCUT2D eigenvalue weighted by Gasteiger charge is -2.33. The Bertz CT molecular complexity index is 456. The molecule has 0 spiro atoms. The highest BCUT2D eigenvalue weighted by Crippen LogP contribution is 2.35. The zero-order chi connectivity index (χ0) is 13.2. The van der Waals surface area contributed by atoms with Gasteiger partial charge in [0.2, 0.25) is 0 Å². The fraction of sp³-hybridized carbons (Fsp3) is 0.462. The number of rotatable bonds is 3. The number of hydrogen-bond donors (Lipinski definition) is 1. The van der Waals surface area contributed by atoms with Crippen molar-refractivity contribution in [1.29, 1.82) is 0 Å². The fourth-order valence-electron chi connectivity index (χ4n) is 2.29. The second-order valence-corrected chi connectivity index (χ2v) is 5.01. The predicted molar refractivity (Wildman–Crippen MR) is 65.2 cm³/mol. The number of benzene rings is 1. The van der Waals surface area contributed by atoms with Gasteiger partial charge < -0.3 is 9.84 Å². The zero-order valence-electron chi connectivity index (χ0n) is 9.79. The molecule has 1 aromatic rings. The van der Waals surface area contributed by atoms with Crippen LogP contribution in [-0.4, -0.2) is 24.3 Å². The number of hydrogen-bond acceptors (Lipinski definition) is 2. The molecule has 0 radical (unpaired) electrons. The lowest BCUT2D eigenvalue weighted by molar-refractivity contribution is -0.157. The molecule has 1 aliphatic heterocycles. The van der Waals surface area contributed by atoms with Crippen LogP contribution in [0.5, 0.6) is 0 Å². The van der Waals surface area contributed by atoms with Gasteiger partial charge in [-0.15, -0.1) is 0 Å². The molecule has 1 N–H and O–H groups in total. The van der Waals surface area contributed by atoms with Gasteiger partial charge >= 0.3 is 5.97 Å². The van der Waals surface area contributed by atoms with Gasteiger partial charge in [0, 0.05) is 6.61 Å². The van der Waals surface area contributed by atoms with E-state index < -0.39 is 17.2 Å². The van der Waals surface area contributed by atoms with Crippen molar-refractivity contribution in [2.75, 3.05) is 13.2 Å². The van der Waals surface area contributed by atoms with Crippen LogP contribution in [0.1, 0.15) is 18.4 Å². The summed E-state index contributed by atoms with van der Waals surface area (Å²) in [5.74, 6) is -1.44. The molecule has 1 saturated heterocycles. The van der Waals surface area contributed by atoms with E-state index in [2.05, 4.69) is 0 Å². The first-order valence-electron chi connectivity index (χ1n) is 5.79. The molecule has 0 aliphatic carbocycles. The smallest absolute Gasteiger partial charge is 0.312 e. The van der Waals surface area contributed by atoms with Gasteiger partial charge in [0.15, 0.2) is 0 Å². The number of halogens is 2. The quantitative estimate of drug-likeness (QED) is 0.920. The third kappa shape index (κ3) is 2.49. The monoisotopic (exact) mass is 272 g/mol. The Morgan fingerprint density at radius 2 is 2.33 bits per heavy atom. The van der Waals surface area contributed by atoms with Crippen LogP contribution in [-0.2, 0) is 16.0 Å². The minimum atomic E-state index is -0.990. The molecule has 0 amide bonds. The summed E-state index contributed by atoms with van der Waals surface area (Å²) < 4.78 is 18.6. The van der Waals surface area contributed by atoms with E-state index in [9.17, 15) is 14.3 Å². The van der Waals surface area contributed by atoms with Gasteiger partial charge in [0.25, 0.3) is 0 Å². The van der Waals surface area contributed by atoms with E-state index in [-0.39, 0.29) is 18.1 Å². The fourth-order valence-corrected chi connectivity index (χ4v) is 2.48. The summed E-state index contributed by atoms with van der Waals surface area (Å²) in [6.45, 7) is 0.723. The average Bonchev–Trinajstić information content (AvgIpc) is 2.36. The molecule has 3 nitrogen and oxygen atoms in total. The van der Waals surface area contributed by atoms with Crippen molar-refractivity contribution in [2.45, 2.75) is 19.3 Å². The van der Waals surface area contributed by atoms with Crippen molar-refractivity contribution in [3.8, 4) is 0 Å². The molecule has 0 saturated carbocycles. The summed E-state index contributed by atoms with van der Waals surface area (Å²) in [5.41, 5.74) is -0.472. The van der Waals surface area contributed by atoms with Crippen LogP contribution in [0.4, 0.5) is 4.39 Å². The Kier molecular flexibility index (Phi) is 3.88. The average molecular weight is 273 g/mol. The third-order valence-corrected chi connectivity index (χ3v) is 3.76. The maximum atomic E-state index is 13.3. The molecule has 1 aromatic carbocycles. The molecule has 0 bridgehead atoms. The van der Waals surface area contributed by atoms with Gasteiger partial charge in [0.05, 0.1) is 17.0 Å². The Labute approximate surface area is 110 Å². The molecule has 0 aromatic heterocycles. The molecule has 1 fully saturated rings. The highest BCUT2D eigenvalue weighted by atomic mass is 35.5. The zero-order valence-corrected chi connectivity index (χ0v) is 10.5. The number of carbonyl (C=O) groups is 1. The first-order valence-corrected chi connectivity index (χ1v) is 6.17. The maximum Gasteiger partial charge on any atom is 0.312 e. The van der Waals surface area contributed by atoms with E-state index in [4.69, 9.17) is 16.3 Å². The Balaban J connectivity index is 2.29. The number of carboxylic acid groups (broad SMARTS) is 1. The van der Waals surface area contributed by atoms with Crippen LogP contribution in [0.25, 0.3) is 0 Å². The van der Waals surface area contributed by atoms with Gasteiger partial charge in [-0.3, -0.25) is 4.79 Å². The molecule has 2 rings (SSSR count). The number of carboxylic acids is 1. The largest absolute Gasteiger partial charge is 0.481 e. The van der Waals surface area contributed by atoms with E-state index in [1.165, 1.54) is 12.1 Å². The molecule has 1 atom stereocenters. The second-order valence-electron chi connectivity index (χ2n) is 4.63. The Morgan fingerprint density at radius 1 is 1.56 bits per heavy atom. The third-order valence-electron chi connectivity index (χ3n) is 3.34. The number of ether oxygens (including phenoxy) is 1. The van der Waals surface area contributed by atoms with E-state index in [1.807, 2.05) is 0 Å². The van der Waals surface area contributed by atoms with Crippen LogP contribution >= 0.6 is 11.6 Å². The van der Waals surface area contributed by atoms with Crippen molar-refractivity contribution in [3.63, 3.8) is 0 Å². The van der Waals surface area contributed by atoms with Gasteiger partial charge in [-0.1, -0.05) is 23.7 Å². The highest BCUT2D eigenvalue weighted by molar-refractivity contribution is 6.31. The minimum absolute atomic E-state index is 0.00342. The van der Waals surface area contributed by atoms with Crippen LogP contribution < -0.4 is 0 Å². The van der Waals surface area contributed by atoms with Crippen LogP contribution in [0.3, 0.4) is 0 Å². The molecular formula is C13H14ClFO3. The van der Waals surface area contributed by atoms with Gasteiger partial charge in [-0.2, -0.15) is 0 Å². The minimum Gasteiger partial charge on any atom is -0.481 e. The van der Waals surface area contributed by atoms with Crippen molar-refractivity contribution in [3.05, 3.63) is 34.6 Å². The first kappa shape index (κ1) is 13.3. The lowest BCUT2D eigenvalue weighted by atomic mass is 9.77. The Hall–Kier alpha value is -1.13. The molecule has 1 unspecified atom stereocenters. The predicted octanol–water partition coefficient (Wildman–Crippen LogP) is 2.90. The summed E-state index contributed by atoms with van der Waals surface area (Å²) in [4.78, 5) is 11.5. The van der Waals surface area contributed by atoms with E-state index in [0.29, 0.717) is 25.0 Å². The first-order chi connectivity index (χ1) is 8.55. The van der Waals surface area contributed by atoms with Crippen molar-refractivity contribution in [2.24, 2.45) is 5.41 Å². The molecular weight excluding hydrogens is 259 g/mol. The van der Waals surface area contributed by atoms with Crippen molar-refractivity contribution in [1.82, 2.24) is 0 Å². The van der Waals surface area contributed by atoms with Crippen LogP contribution in [0, 0.1) is 11.2 Å². The molecule has 5 heteroatoms. The SMILES string of the molecule is O=C(O)C1(Cc2cccc(F)c2Cl)CCCOC1. The maximum absolute atomic E-state index is 13.3. The van der Waals surface area contributed by atoms with Gasteiger partial charge in [-0.05, 0) is 30.9 Å². The van der Waals surface area contributed by atoms with Crippen molar-refractivity contribution >= 4 is 17.6 Å². The van der Waals surface area contributed by atoms with Crippen LogP contribution in [0.2, 0.25) is 5.02 Å². The normalized spacial score (nSPS) is 23.9. The summed E-state index contributed by atoms with van der Waals surface area (Å²) in [7, 11) is 0. The topological polar surface area (TPSA) is 46.5 Å². The van der Waals surface area contributed by atoms with Gasteiger partial charge in [-0.25, -0.2) is 4.39 Å². The Morgan fingerprint density at radius 3 is 2.94 bits per heavy atom. The molecule has 18 heavy (non-hydrogen) atoms. The van der Waals surface area contributed by atoms with Gasteiger partial charge in [0.1, 0.15) is 5.82 Å². The van der Waals surface area contributed by atoms with E-state index in [0.717, 1.165) is 0 Å². The summed E-state index contributed by atoms with van der Waals surface area (Å²) in [6, 6.07) is 4.46. The van der Waals surface area contributed by atoms with E-state index >= 15 is 0 Å². The molecule has 1 aliphatic rings. The standard InChI is InChI=1S/C13H14ClFO3/c14-11-9(3-1-4-10(11)15)7-13(12(16)17)5-2-6-18-8-13/h1,3-4H,2,5-8H2,(H,16,17). The van der Waals surface area contributed by atoms with E-state index in [1.54, 1.807) is 6.07 Å². The second kappa shape index (κ2) is 5.24. The molecule has 98 valence electrons. The summed E-state index contributed by atoms with van der Waals surface area (Å²) in [5, 5.41) is 9.40. The lowest BCUT2D eigenvalue weighted by Crippen LogP contribution is -2.41. The highest BCUT2D eigenvalue weighted by Gasteiger charge is 2.41. The van der Waals surface area contributed by atoms with Crippen LogP contribution in [0.15, 0.2) is 18.2 Å². The van der Waals surface area contributed by atoms with Crippen molar-refractivity contribution < 1.29 is 19.0 Å². The summed E-state index contributed by atoms with van der Waals surface area (Å²) >= 11 is 5.87. The molecule has 1 heterocycles.